The minimum Gasteiger partial charge on any atom is -0.480 e. The topological polar surface area (TPSA) is 113 Å². The molecule has 0 unspecified atom stereocenters. The van der Waals surface area contributed by atoms with Crippen LogP contribution in [0, 0.1) is 0 Å². The van der Waals surface area contributed by atoms with Gasteiger partial charge in [0.05, 0.1) is 6.42 Å². The van der Waals surface area contributed by atoms with Crippen molar-refractivity contribution in [3.63, 3.8) is 0 Å². The van der Waals surface area contributed by atoms with Gasteiger partial charge in [-0.25, -0.2) is 9.59 Å². The van der Waals surface area contributed by atoms with Crippen molar-refractivity contribution in [1.82, 2.24) is 10.2 Å². The van der Waals surface area contributed by atoms with Crippen LogP contribution in [0.2, 0.25) is 0 Å². The van der Waals surface area contributed by atoms with Gasteiger partial charge in [0.2, 0.25) is 5.91 Å². The van der Waals surface area contributed by atoms with Gasteiger partial charge in [0.1, 0.15) is 6.04 Å². The summed E-state index contributed by atoms with van der Waals surface area (Å²) in [5.41, 5.74) is 4.88. The fourth-order valence-corrected chi connectivity index (χ4v) is 1.15. The number of nitrogens with zero attached hydrogens (tertiary/aromatic N) is 1. The molecule has 0 aromatic carbocycles. The van der Waals surface area contributed by atoms with Crippen LogP contribution in [-0.4, -0.2) is 47.0 Å². The lowest BCUT2D eigenvalue weighted by Crippen LogP contribution is -2.49. The van der Waals surface area contributed by atoms with Gasteiger partial charge in [-0.1, -0.05) is 0 Å². The molecule has 4 N–H and O–H groups in total. The van der Waals surface area contributed by atoms with Gasteiger partial charge in [0.15, 0.2) is 0 Å². The van der Waals surface area contributed by atoms with Crippen molar-refractivity contribution in [2.24, 2.45) is 5.73 Å². The molecule has 1 atom stereocenters. The molecule has 0 aromatic rings. The lowest BCUT2D eigenvalue weighted by Gasteiger charge is -2.21. The second-order valence-electron chi connectivity index (χ2n) is 3.18. The van der Waals surface area contributed by atoms with Gasteiger partial charge in [0, 0.05) is 13.1 Å². The van der Waals surface area contributed by atoms with E-state index in [-0.39, 0.29) is 0 Å². The minimum atomic E-state index is -1.28. The molecule has 0 rings (SSSR count). The van der Waals surface area contributed by atoms with Crippen molar-refractivity contribution >= 4 is 17.9 Å². The van der Waals surface area contributed by atoms with Crippen LogP contribution in [0.25, 0.3) is 0 Å². The Hall–Kier alpha value is -1.79. The van der Waals surface area contributed by atoms with Crippen molar-refractivity contribution in [3.05, 3.63) is 0 Å². The summed E-state index contributed by atoms with van der Waals surface area (Å²) in [5, 5.41) is 11.0. The number of carbonyl (C=O) groups excluding carboxylic acids is 2. The standard InChI is InChI=1S/C9H17N3O4/c1-3-12(4-2)9(16)11-6(8(14)15)5-7(10)13/h6H,3-5H2,1-2H3,(H2,10,13)(H,11,16)(H,14,15)/t6-/m0/s1. The predicted octanol–water partition coefficient (Wildman–Crippen LogP) is -0.634. The van der Waals surface area contributed by atoms with Crippen LogP contribution in [0.5, 0.6) is 0 Å². The first-order valence-electron chi connectivity index (χ1n) is 4.98. The number of rotatable bonds is 6. The molecule has 0 spiro atoms. The molecular weight excluding hydrogens is 214 g/mol. The summed E-state index contributed by atoms with van der Waals surface area (Å²) in [6.45, 7) is 4.47. The molecule has 0 saturated heterocycles. The highest BCUT2D eigenvalue weighted by molar-refractivity contribution is 5.87. The summed E-state index contributed by atoms with van der Waals surface area (Å²) < 4.78 is 0. The average molecular weight is 231 g/mol. The highest BCUT2D eigenvalue weighted by atomic mass is 16.4. The van der Waals surface area contributed by atoms with Crippen LogP contribution >= 0.6 is 0 Å². The van der Waals surface area contributed by atoms with Gasteiger partial charge in [-0.15, -0.1) is 0 Å². The fourth-order valence-electron chi connectivity index (χ4n) is 1.15. The third kappa shape index (κ3) is 4.63. The van der Waals surface area contributed by atoms with Gasteiger partial charge >= 0.3 is 12.0 Å². The van der Waals surface area contributed by atoms with Crippen LogP contribution < -0.4 is 11.1 Å². The molecule has 0 bridgehead atoms. The minimum absolute atomic E-state index is 0.414. The quantitative estimate of drug-likeness (QED) is 0.564. The Morgan fingerprint density at radius 1 is 1.31 bits per heavy atom. The Morgan fingerprint density at radius 3 is 2.12 bits per heavy atom. The number of aliphatic carboxylic acids is 1. The second-order valence-corrected chi connectivity index (χ2v) is 3.18. The lowest BCUT2D eigenvalue weighted by atomic mass is 10.2. The monoisotopic (exact) mass is 231 g/mol. The van der Waals surface area contributed by atoms with Crippen molar-refractivity contribution < 1.29 is 19.5 Å². The molecule has 3 amide bonds. The van der Waals surface area contributed by atoms with Crippen molar-refractivity contribution in [2.75, 3.05) is 13.1 Å². The van der Waals surface area contributed by atoms with E-state index in [0.29, 0.717) is 13.1 Å². The van der Waals surface area contributed by atoms with E-state index in [1.807, 2.05) is 0 Å². The number of carbonyl (C=O) groups is 3. The molecule has 92 valence electrons. The lowest BCUT2D eigenvalue weighted by molar-refractivity contribution is -0.140. The molecule has 0 saturated carbocycles. The maximum absolute atomic E-state index is 11.5. The van der Waals surface area contributed by atoms with E-state index in [1.165, 1.54) is 4.90 Å². The van der Waals surface area contributed by atoms with Crippen molar-refractivity contribution in [2.45, 2.75) is 26.3 Å². The first kappa shape index (κ1) is 14.2. The molecule has 16 heavy (non-hydrogen) atoms. The zero-order valence-electron chi connectivity index (χ0n) is 9.40. The molecule has 7 heteroatoms. The van der Waals surface area contributed by atoms with Crippen LogP contribution in [0.4, 0.5) is 4.79 Å². The molecule has 0 aliphatic heterocycles. The Kier molecular flexibility index (Phi) is 5.91. The Balaban J connectivity index is 4.44. The normalized spacial score (nSPS) is 11.6. The second kappa shape index (κ2) is 6.65. The first-order valence-corrected chi connectivity index (χ1v) is 4.98. The van der Waals surface area contributed by atoms with Crippen LogP contribution in [0.15, 0.2) is 0 Å². The van der Waals surface area contributed by atoms with E-state index in [4.69, 9.17) is 10.8 Å². The largest absolute Gasteiger partial charge is 0.480 e. The van der Waals surface area contributed by atoms with E-state index in [2.05, 4.69) is 5.32 Å². The number of amides is 3. The van der Waals surface area contributed by atoms with E-state index in [0.717, 1.165) is 0 Å². The summed E-state index contributed by atoms with van der Waals surface area (Å²) in [7, 11) is 0. The van der Waals surface area contributed by atoms with E-state index in [9.17, 15) is 14.4 Å². The summed E-state index contributed by atoms with van der Waals surface area (Å²) in [6.07, 6.45) is -0.414. The molecular formula is C9H17N3O4. The maximum atomic E-state index is 11.5. The van der Waals surface area contributed by atoms with Gasteiger partial charge in [-0.3, -0.25) is 4.79 Å². The summed E-state index contributed by atoms with van der Waals surface area (Å²) >= 11 is 0. The first-order chi connectivity index (χ1) is 7.42. The van der Waals surface area contributed by atoms with E-state index in [1.54, 1.807) is 13.8 Å². The smallest absolute Gasteiger partial charge is 0.326 e. The zero-order valence-corrected chi connectivity index (χ0v) is 9.40. The highest BCUT2D eigenvalue weighted by Crippen LogP contribution is 1.95. The van der Waals surface area contributed by atoms with Crippen molar-refractivity contribution in [3.8, 4) is 0 Å². The molecule has 0 fully saturated rings. The third-order valence-electron chi connectivity index (χ3n) is 2.05. The number of carboxylic acids is 1. The van der Waals surface area contributed by atoms with Crippen LogP contribution in [-0.2, 0) is 9.59 Å². The zero-order chi connectivity index (χ0) is 12.7. The van der Waals surface area contributed by atoms with Gasteiger partial charge < -0.3 is 21.1 Å². The summed E-state index contributed by atoms with van der Waals surface area (Å²) in [6, 6.07) is -1.79. The number of hydrogen-bond acceptors (Lipinski definition) is 3. The van der Waals surface area contributed by atoms with Gasteiger partial charge in [-0.2, -0.15) is 0 Å². The summed E-state index contributed by atoms with van der Waals surface area (Å²) in [4.78, 5) is 34.2. The molecule has 0 aliphatic carbocycles. The molecule has 0 radical (unpaired) electrons. The number of nitrogens with two attached hydrogens (primary N) is 1. The van der Waals surface area contributed by atoms with Crippen molar-refractivity contribution in [1.29, 1.82) is 0 Å². The maximum Gasteiger partial charge on any atom is 0.326 e. The summed E-state index contributed by atoms with van der Waals surface area (Å²) in [5.74, 6) is -2.05. The fraction of sp³-hybridized carbons (Fsp3) is 0.667. The molecule has 0 aliphatic rings. The molecule has 7 nitrogen and oxygen atoms in total. The molecule has 0 aromatic heterocycles. The predicted molar refractivity (Wildman–Crippen MR) is 56.7 cm³/mol. The van der Waals surface area contributed by atoms with Crippen LogP contribution in [0.3, 0.4) is 0 Å². The SMILES string of the molecule is CCN(CC)C(=O)N[C@@H](CC(N)=O)C(=O)O. The van der Waals surface area contributed by atoms with E-state index >= 15 is 0 Å². The Morgan fingerprint density at radius 2 is 1.81 bits per heavy atom. The highest BCUT2D eigenvalue weighted by Gasteiger charge is 2.23. The number of nitrogens with one attached hydrogen (secondary N) is 1. The number of carboxylic acid groups (broad SMARTS) is 1. The van der Waals surface area contributed by atoms with Gasteiger partial charge in [0.25, 0.3) is 0 Å². The van der Waals surface area contributed by atoms with Gasteiger partial charge in [-0.05, 0) is 13.8 Å². The number of urea groups is 1. The number of hydrogen-bond donors (Lipinski definition) is 3. The van der Waals surface area contributed by atoms with E-state index < -0.39 is 30.4 Å². The molecule has 0 heterocycles. The Labute approximate surface area is 93.6 Å². The Bertz CT molecular complexity index is 276. The third-order valence-corrected chi connectivity index (χ3v) is 2.05. The average Bonchev–Trinajstić information content (AvgIpc) is 2.17. The van der Waals surface area contributed by atoms with Crippen LogP contribution in [0.1, 0.15) is 20.3 Å². The number of primary amides is 1.